The maximum atomic E-state index is 13.5. The number of Topliss-reactive ketones (excluding diaryl/α,β-unsaturated/α-hetero) is 1. The van der Waals surface area contributed by atoms with Crippen LogP contribution in [0.4, 0.5) is 5.69 Å². The SMILES string of the molecule is O=C(CN(C(=O)c1ccc(Cl)cc1)N1C(=O)[C@H]2CC=CC[C@H]2C1=O)c1ccc(Oc2ccc([N+](=O)[O-])cc2)cc1. The predicted molar refractivity (Wildman–Crippen MR) is 144 cm³/mol. The molecular formula is C29H22ClN3O7. The highest BCUT2D eigenvalue weighted by Crippen LogP contribution is 2.36. The number of non-ortho nitro benzene ring substituents is 1. The molecule has 202 valence electrons. The lowest BCUT2D eigenvalue weighted by molar-refractivity contribution is -0.384. The number of halogens is 1. The number of carbonyl (C=O) groups excluding carboxylic acids is 4. The monoisotopic (exact) mass is 559 g/mol. The van der Waals surface area contributed by atoms with Crippen LogP contribution in [0.25, 0.3) is 0 Å². The third-order valence-corrected chi connectivity index (χ3v) is 7.06. The summed E-state index contributed by atoms with van der Waals surface area (Å²) in [5.41, 5.74) is 0.317. The van der Waals surface area contributed by atoms with Crippen molar-refractivity contribution in [2.45, 2.75) is 12.8 Å². The number of hydrazine groups is 1. The molecule has 1 aliphatic carbocycles. The van der Waals surface area contributed by atoms with Gasteiger partial charge in [0.1, 0.15) is 18.0 Å². The lowest BCUT2D eigenvalue weighted by atomic mass is 9.85. The molecule has 2 aliphatic rings. The van der Waals surface area contributed by atoms with Gasteiger partial charge in [-0.25, -0.2) is 5.01 Å². The summed E-state index contributed by atoms with van der Waals surface area (Å²) in [4.78, 5) is 63.7. The fraction of sp³-hybridized carbons (Fsp3) is 0.172. The van der Waals surface area contributed by atoms with Crippen LogP contribution >= 0.6 is 11.6 Å². The highest BCUT2D eigenvalue weighted by molar-refractivity contribution is 6.30. The molecule has 0 N–H and O–H groups in total. The van der Waals surface area contributed by atoms with Crippen LogP contribution in [0.1, 0.15) is 33.6 Å². The maximum Gasteiger partial charge on any atom is 0.273 e. The third-order valence-electron chi connectivity index (χ3n) is 6.80. The molecule has 0 unspecified atom stereocenters. The summed E-state index contributed by atoms with van der Waals surface area (Å²) in [6, 6.07) is 17.5. The van der Waals surface area contributed by atoms with Gasteiger partial charge in [-0.3, -0.25) is 29.3 Å². The van der Waals surface area contributed by atoms with Crippen molar-refractivity contribution in [1.29, 1.82) is 0 Å². The average Bonchev–Trinajstić information content (AvgIpc) is 3.22. The Morgan fingerprint density at radius 2 is 1.35 bits per heavy atom. The first kappa shape index (κ1) is 26.8. The first-order valence-electron chi connectivity index (χ1n) is 12.4. The minimum atomic E-state index is -0.684. The summed E-state index contributed by atoms with van der Waals surface area (Å²) >= 11 is 5.96. The molecule has 0 bridgehead atoms. The van der Waals surface area contributed by atoms with E-state index in [1.54, 1.807) is 0 Å². The number of rotatable bonds is 8. The van der Waals surface area contributed by atoms with Crippen LogP contribution < -0.4 is 4.74 Å². The maximum absolute atomic E-state index is 13.5. The second kappa shape index (κ2) is 11.1. The van der Waals surface area contributed by atoms with Crippen molar-refractivity contribution in [2.24, 2.45) is 11.8 Å². The van der Waals surface area contributed by atoms with E-state index >= 15 is 0 Å². The first-order chi connectivity index (χ1) is 19.2. The van der Waals surface area contributed by atoms with Gasteiger partial charge < -0.3 is 4.74 Å². The lowest BCUT2D eigenvalue weighted by Crippen LogP contribution is -2.52. The van der Waals surface area contributed by atoms with Gasteiger partial charge in [0.2, 0.25) is 0 Å². The molecule has 1 fully saturated rings. The fourth-order valence-corrected chi connectivity index (χ4v) is 4.83. The first-order valence-corrected chi connectivity index (χ1v) is 12.8. The second-order valence-corrected chi connectivity index (χ2v) is 9.75. The molecule has 3 aromatic rings. The van der Waals surface area contributed by atoms with Crippen molar-refractivity contribution in [3.63, 3.8) is 0 Å². The molecule has 0 radical (unpaired) electrons. The summed E-state index contributed by atoms with van der Waals surface area (Å²) < 4.78 is 5.69. The molecule has 10 nitrogen and oxygen atoms in total. The zero-order valence-corrected chi connectivity index (χ0v) is 21.7. The fourth-order valence-electron chi connectivity index (χ4n) is 4.70. The average molecular weight is 560 g/mol. The second-order valence-electron chi connectivity index (χ2n) is 9.31. The van der Waals surface area contributed by atoms with Gasteiger partial charge in [-0.05, 0) is 73.5 Å². The van der Waals surface area contributed by atoms with Crippen LogP contribution in [0.5, 0.6) is 11.5 Å². The van der Waals surface area contributed by atoms with E-state index in [2.05, 4.69) is 0 Å². The van der Waals surface area contributed by atoms with Crippen molar-refractivity contribution in [2.75, 3.05) is 6.54 Å². The van der Waals surface area contributed by atoms with E-state index in [0.29, 0.717) is 29.4 Å². The highest BCUT2D eigenvalue weighted by atomic mass is 35.5. The Labute approximate surface area is 233 Å². The summed E-state index contributed by atoms with van der Waals surface area (Å²) in [5.74, 6) is -2.63. The van der Waals surface area contributed by atoms with Gasteiger partial charge in [0.15, 0.2) is 5.78 Å². The van der Waals surface area contributed by atoms with Crippen molar-refractivity contribution < 1.29 is 28.8 Å². The van der Waals surface area contributed by atoms with Gasteiger partial charge in [-0.2, -0.15) is 5.01 Å². The summed E-state index contributed by atoms with van der Waals surface area (Å²) in [6.07, 6.45) is 4.46. The Kier molecular flexibility index (Phi) is 7.43. The number of amides is 3. The molecule has 1 heterocycles. The molecule has 0 spiro atoms. The minimum Gasteiger partial charge on any atom is -0.457 e. The Bertz CT molecular complexity index is 1490. The number of hydrogen-bond donors (Lipinski definition) is 0. The number of carbonyl (C=O) groups is 4. The largest absolute Gasteiger partial charge is 0.457 e. The summed E-state index contributed by atoms with van der Waals surface area (Å²) in [6.45, 7) is -0.547. The van der Waals surface area contributed by atoms with Crippen molar-refractivity contribution in [3.05, 3.63) is 111 Å². The van der Waals surface area contributed by atoms with Crippen LogP contribution in [0, 0.1) is 22.0 Å². The van der Waals surface area contributed by atoms with Gasteiger partial charge in [-0.15, -0.1) is 0 Å². The highest BCUT2D eigenvalue weighted by Gasteiger charge is 2.51. The molecule has 5 rings (SSSR count). The van der Waals surface area contributed by atoms with Crippen LogP contribution in [0.2, 0.25) is 5.02 Å². The van der Waals surface area contributed by atoms with Crippen molar-refractivity contribution >= 4 is 40.8 Å². The Balaban J connectivity index is 1.36. The van der Waals surface area contributed by atoms with Gasteiger partial charge >= 0.3 is 0 Å². The van der Waals surface area contributed by atoms with Crippen LogP contribution in [0.3, 0.4) is 0 Å². The van der Waals surface area contributed by atoms with E-state index in [0.717, 1.165) is 10.0 Å². The number of imide groups is 1. The number of fused-ring (bicyclic) bond motifs is 1. The van der Waals surface area contributed by atoms with Crippen LogP contribution in [0.15, 0.2) is 84.9 Å². The van der Waals surface area contributed by atoms with E-state index < -0.39 is 46.8 Å². The predicted octanol–water partition coefficient (Wildman–Crippen LogP) is 5.23. The van der Waals surface area contributed by atoms with E-state index in [1.807, 2.05) is 12.2 Å². The number of hydrogen-bond acceptors (Lipinski definition) is 7. The molecule has 0 saturated carbocycles. The zero-order valence-electron chi connectivity index (χ0n) is 20.9. The number of ketones is 1. The van der Waals surface area contributed by atoms with Gasteiger partial charge in [0.05, 0.1) is 16.8 Å². The zero-order chi connectivity index (χ0) is 28.4. The third kappa shape index (κ3) is 5.34. The molecule has 3 amide bonds. The van der Waals surface area contributed by atoms with Gasteiger partial charge in [-0.1, -0.05) is 23.8 Å². The van der Waals surface area contributed by atoms with Gasteiger partial charge in [0, 0.05) is 28.3 Å². The molecular weight excluding hydrogens is 538 g/mol. The number of nitro benzene ring substituents is 1. The Morgan fingerprint density at radius 3 is 1.88 bits per heavy atom. The van der Waals surface area contributed by atoms with E-state index in [4.69, 9.17) is 16.3 Å². The van der Waals surface area contributed by atoms with Crippen LogP contribution in [-0.2, 0) is 9.59 Å². The number of nitrogens with zero attached hydrogens (tertiary/aromatic N) is 3. The molecule has 2 atom stereocenters. The molecule has 0 aromatic heterocycles. The topological polar surface area (TPSA) is 127 Å². The lowest BCUT2D eigenvalue weighted by Gasteiger charge is -2.30. The molecule has 1 aliphatic heterocycles. The Morgan fingerprint density at radius 1 is 0.850 bits per heavy atom. The molecule has 40 heavy (non-hydrogen) atoms. The minimum absolute atomic E-state index is 0.0727. The van der Waals surface area contributed by atoms with Crippen molar-refractivity contribution in [3.8, 4) is 11.5 Å². The standard InChI is InChI=1S/C29H22ClN3O7/c30-20-9-5-19(6-10-20)27(35)31(32-28(36)24-3-1-2-4-25(24)29(32)37)17-26(34)18-7-13-22(14-8-18)40-23-15-11-21(12-16-23)33(38)39/h1-2,5-16,24-25H,3-4,17H2/t24-,25+. The van der Waals surface area contributed by atoms with Crippen molar-refractivity contribution in [1.82, 2.24) is 10.0 Å². The molecule has 11 heteroatoms. The van der Waals surface area contributed by atoms with E-state index in [9.17, 15) is 29.3 Å². The van der Waals surface area contributed by atoms with E-state index in [1.165, 1.54) is 72.8 Å². The van der Waals surface area contributed by atoms with E-state index in [-0.39, 0.29) is 16.8 Å². The summed E-state index contributed by atoms with van der Waals surface area (Å²) in [7, 11) is 0. The van der Waals surface area contributed by atoms with Crippen LogP contribution in [-0.4, -0.2) is 45.0 Å². The number of benzene rings is 3. The normalized spacial score (nSPS) is 17.9. The quantitative estimate of drug-likeness (QED) is 0.121. The Hall–Kier alpha value is -4.83. The number of ether oxygens (including phenoxy) is 1. The smallest absolute Gasteiger partial charge is 0.273 e. The number of nitro groups is 1. The summed E-state index contributed by atoms with van der Waals surface area (Å²) in [5, 5.41) is 13.0. The molecule has 1 saturated heterocycles. The van der Waals surface area contributed by atoms with Gasteiger partial charge in [0.25, 0.3) is 23.4 Å². The molecule has 3 aromatic carbocycles. The number of allylic oxidation sites excluding steroid dienone is 2.